The first-order valence-corrected chi connectivity index (χ1v) is 13.8. The smallest absolute Gasteiger partial charge is 0.338 e. The fraction of sp³-hybridized carbons (Fsp3) is 0.200. The maximum absolute atomic E-state index is 13.9. The van der Waals surface area contributed by atoms with Gasteiger partial charge in [0.25, 0.3) is 5.56 Å². The first-order chi connectivity index (χ1) is 19.7. The standard InChI is InChI=1S/C30H25ClN2O7S/c1-5-38-29(36)26-16(2)32-30-33(27(26)18-10-12-23(39-17(3)34)24(14-18)37-4)28(35)25(41-30)15-19-11-13-22(40-19)20-8-6-7-9-21(20)31/h6-15,27H,5H2,1-4H3/b25-15+/t27-/m0/s1. The topological polar surface area (TPSA) is 109 Å². The Labute approximate surface area is 243 Å². The number of thiazole rings is 1. The molecule has 0 fully saturated rings. The van der Waals surface area contributed by atoms with Gasteiger partial charge in [-0.05, 0) is 55.8 Å². The quantitative estimate of drug-likeness (QED) is 0.227. The number of esters is 2. The van der Waals surface area contributed by atoms with Crippen LogP contribution in [0.1, 0.15) is 38.1 Å². The van der Waals surface area contributed by atoms with Gasteiger partial charge in [0.1, 0.15) is 11.5 Å². The lowest BCUT2D eigenvalue weighted by molar-refractivity contribution is -0.139. The summed E-state index contributed by atoms with van der Waals surface area (Å²) in [5.41, 5.74) is 1.54. The number of benzene rings is 2. The van der Waals surface area contributed by atoms with Crippen molar-refractivity contribution < 1.29 is 28.2 Å². The van der Waals surface area contributed by atoms with Crippen LogP contribution >= 0.6 is 22.9 Å². The van der Waals surface area contributed by atoms with E-state index in [1.807, 2.05) is 18.2 Å². The summed E-state index contributed by atoms with van der Waals surface area (Å²) in [7, 11) is 1.44. The molecule has 0 saturated carbocycles. The monoisotopic (exact) mass is 592 g/mol. The maximum atomic E-state index is 13.9. The van der Waals surface area contributed by atoms with Crippen molar-refractivity contribution in [1.82, 2.24) is 4.57 Å². The zero-order valence-electron chi connectivity index (χ0n) is 22.6. The molecule has 2 aromatic heterocycles. The Morgan fingerprint density at radius 1 is 1.15 bits per heavy atom. The number of fused-ring (bicyclic) bond motifs is 1. The summed E-state index contributed by atoms with van der Waals surface area (Å²) < 4.78 is 23.8. The minimum absolute atomic E-state index is 0.147. The van der Waals surface area contributed by atoms with Crippen LogP contribution in [0.25, 0.3) is 17.4 Å². The van der Waals surface area contributed by atoms with E-state index in [9.17, 15) is 14.4 Å². The highest BCUT2D eigenvalue weighted by Crippen LogP contribution is 2.36. The SMILES string of the molecule is CCOC(=O)C1=C(C)N=c2s/c(=C/c3ccc(-c4ccccc4Cl)o3)c(=O)n2[C@H]1c1ccc(OC(C)=O)c(OC)c1. The van der Waals surface area contributed by atoms with Crippen molar-refractivity contribution in [2.24, 2.45) is 4.99 Å². The largest absolute Gasteiger partial charge is 0.493 e. The van der Waals surface area contributed by atoms with Crippen LogP contribution in [0.15, 0.2) is 80.1 Å². The molecule has 1 atom stereocenters. The van der Waals surface area contributed by atoms with Gasteiger partial charge in [0.15, 0.2) is 16.3 Å². The van der Waals surface area contributed by atoms with Crippen molar-refractivity contribution in [2.45, 2.75) is 26.8 Å². The first-order valence-electron chi connectivity index (χ1n) is 12.6. The van der Waals surface area contributed by atoms with E-state index in [0.717, 1.165) is 5.56 Å². The molecule has 11 heteroatoms. The second-order valence-electron chi connectivity index (χ2n) is 8.99. The van der Waals surface area contributed by atoms with E-state index in [0.29, 0.717) is 37.1 Å². The van der Waals surface area contributed by atoms with Crippen LogP contribution in [0.5, 0.6) is 11.5 Å². The molecule has 5 rings (SSSR count). The fourth-order valence-corrected chi connectivity index (χ4v) is 5.82. The van der Waals surface area contributed by atoms with Gasteiger partial charge in [-0.2, -0.15) is 0 Å². The number of allylic oxidation sites excluding steroid dienone is 1. The summed E-state index contributed by atoms with van der Waals surface area (Å²) in [5.74, 6) is 0.388. The lowest BCUT2D eigenvalue weighted by Crippen LogP contribution is -2.39. The highest BCUT2D eigenvalue weighted by molar-refractivity contribution is 7.07. The van der Waals surface area contributed by atoms with E-state index >= 15 is 0 Å². The summed E-state index contributed by atoms with van der Waals surface area (Å²) in [6, 6.07) is 14.8. The number of hydrogen-bond acceptors (Lipinski definition) is 9. The third kappa shape index (κ3) is 5.48. The average Bonchev–Trinajstić information content (AvgIpc) is 3.52. The highest BCUT2D eigenvalue weighted by atomic mass is 35.5. The lowest BCUT2D eigenvalue weighted by Gasteiger charge is -2.25. The molecule has 0 radical (unpaired) electrons. The number of rotatable bonds is 7. The number of halogens is 1. The minimum atomic E-state index is -0.872. The average molecular weight is 593 g/mol. The van der Waals surface area contributed by atoms with Crippen LogP contribution < -0.4 is 24.4 Å². The predicted octanol–water partition coefficient (Wildman–Crippen LogP) is 4.65. The molecule has 0 bridgehead atoms. The van der Waals surface area contributed by atoms with E-state index < -0.39 is 18.0 Å². The molecule has 4 aromatic rings. The molecule has 1 aliphatic rings. The Morgan fingerprint density at radius 3 is 2.63 bits per heavy atom. The van der Waals surface area contributed by atoms with Gasteiger partial charge in [-0.3, -0.25) is 14.2 Å². The van der Waals surface area contributed by atoms with Gasteiger partial charge in [0.2, 0.25) is 0 Å². The van der Waals surface area contributed by atoms with Crippen LogP contribution in [0, 0.1) is 0 Å². The molecule has 0 aliphatic carbocycles. The van der Waals surface area contributed by atoms with Gasteiger partial charge in [-0.1, -0.05) is 41.1 Å². The van der Waals surface area contributed by atoms with Crippen LogP contribution in [-0.2, 0) is 14.3 Å². The Hall–Kier alpha value is -4.41. The molecule has 0 unspecified atom stereocenters. The Kier molecular flexibility index (Phi) is 7.96. The Morgan fingerprint density at radius 2 is 1.93 bits per heavy atom. The molecule has 210 valence electrons. The molecule has 9 nitrogen and oxygen atoms in total. The molecule has 0 saturated heterocycles. The maximum Gasteiger partial charge on any atom is 0.338 e. The van der Waals surface area contributed by atoms with Gasteiger partial charge < -0.3 is 18.6 Å². The Balaban J connectivity index is 1.66. The molecule has 0 N–H and O–H groups in total. The van der Waals surface area contributed by atoms with E-state index in [2.05, 4.69) is 4.99 Å². The van der Waals surface area contributed by atoms with E-state index in [4.69, 9.17) is 30.2 Å². The summed E-state index contributed by atoms with van der Waals surface area (Å²) in [5, 5.41) is 0.546. The molecule has 1 aliphatic heterocycles. The van der Waals surface area contributed by atoms with E-state index in [1.165, 1.54) is 29.9 Å². The number of carbonyl (C=O) groups is 2. The second kappa shape index (κ2) is 11.6. The molecule has 2 aromatic carbocycles. The number of nitrogens with zero attached hydrogens (tertiary/aromatic N) is 2. The van der Waals surface area contributed by atoms with Gasteiger partial charge in [-0.15, -0.1) is 0 Å². The number of carbonyl (C=O) groups excluding carboxylic acids is 2. The fourth-order valence-electron chi connectivity index (χ4n) is 4.57. The second-order valence-corrected chi connectivity index (χ2v) is 10.4. The van der Waals surface area contributed by atoms with Crippen molar-refractivity contribution in [3.8, 4) is 22.8 Å². The van der Waals surface area contributed by atoms with Crippen LogP contribution in [0.2, 0.25) is 5.02 Å². The minimum Gasteiger partial charge on any atom is -0.493 e. The number of furan rings is 1. The molecule has 3 heterocycles. The number of aromatic nitrogens is 1. The normalized spacial score (nSPS) is 14.9. The van der Waals surface area contributed by atoms with Gasteiger partial charge in [-0.25, -0.2) is 9.79 Å². The van der Waals surface area contributed by atoms with E-state index in [-0.39, 0.29) is 29.2 Å². The van der Waals surface area contributed by atoms with Crippen molar-refractivity contribution >= 4 is 41.0 Å². The lowest BCUT2D eigenvalue weighted by atomic mass is 9.95. The predicted molar refractivity (Wildman–Crippen MR) is 154 cm³/mol. The summed E-state index contributed by atoms with van der Waals surface area (Å²) >= 11 is 7.49. The molecule has 0 spiro atoms. The Bertz CT molecular complexity index is 1880. The van der Waals surface area contributed by atoms with Crippen LogP contribution in [0.4, 0.5) is 0 Å². The van der Waals surface area contributed by atoms with Gasteiger partial charge in [0.05, 0.1) is 40.6 Å². The van der Waals surface area contributed by atoms with Crippen molar-refractivity contribution in [3.05, 3.63) is 102 Å². The molecule has 0 amide bonds. The van der Waals surface area contributed by atoms with E-state index in [1.54, 1.807) is 56.3 Å². The van der Waals surface area contributed by atoms with Crippen molar-refractivity contribution in [3.63, 3.8) is 0 Å². The number of hydrogen-bond donors (Lipinski definition) is 0. The van der Waals surface area contributed by atoms with Crippen LogP contribution in [-0.4, -0.2) is 30.2 Å². The number of methoxy groups -OCH3 is 1. The highest BCUT2D eigenvalue weighted by Gasteiger charge is 2.34. The zero-order valence-corrected chi connectivity index (χ0v) is 24.2. The third-order valence-electron chi connectivity index (χ3n) is 6.31. The van der Waals surface area contributed by atoms with Gasteiger partial charge in [0, 0.05) is 18.6 Å². The summed E-state index contributed by atoms with van der Waals surface area (Å²) in [6.45, 7) is 4.83. The van der Waals surface area contributed by atoms with Crippen molar-refractivity contribution in [2.75, 3.05) is 13.7 Å². The summed E-state index contributed by atoms with van der Waals surface area (Å²) in [6.07, 6.45) is 1.63. The molecular formula is C30H25ClN2O7S. The number of ether oxygens (including phenoxy) is 3. The van der Waals surface area contributed by atoms with Gasteiger partial charge >= 0.3 is 11.9 Å². The van der Waals surface area contributed by atoms with Crippen LogP contribution in [0.3, 0.4) is 0 Å². The first kappa shape index (κ1) is 28.1. The third-order valence-corrected chi connectivity index (χ3v) is 7.63. The summed E-state index contributed by atoms with van der Waals surface area (Å²) in [4.78, 5) is 43.6. The van der Waals surface area contributed by atoms with Crippen molar-refractivity contribution in [1.29, 1.82) is 0 Å². The zero-order chi connectivity index (χ0) is 29.3. The molecular weight excluding hydrogens is 568 g/mol. The molecule has 41 heavy (non-hydrogen) atoms.